The first-order valence-corrected chi connectivity index (χ1v) is 18.4. The summed E-state index contributed by atoms with van der Waals surface area (Å²) in [6.07, 6.45) is 15.6. The van der Waals surface area contributed by atoms with Crippen LogP contribution in [0.15, 0.2) is 36.9 Å². The highest BCUT2D eigenvalue weighted by Gasteiger charge is 2.40. The van der Waals surface area contributed by atoms with Crippen LogP contribution in [0.2, 0.25) is 0 Å². The van der Waals surface area contributed by atoms with Crippen molar-refractivity contribution in [2.75, 3.05) is 26.2 Å². The van der Waals surface area contributed by atoms with E-state index in [9.17, 15) is 9.59 Å². The molecule has 2 aliphatic heterocycles. The smallest absolute Gasteiger partial charge is 0.222 e. The number of amides is 2. The second-order valence-electron chi connectivity index (χ2n) is 14.9. The minimum Gasteiger partial charge on any atom is -0.345 e. The van der Waals surface area contributed by atoms with E-state index in [1.54, 1.807) is 12.4 Å². The molecule has 0 spiro atoms. The zero-order valence-electron chi connectivity index (χ0n) is 28.7. The van der Waals surface area contributed by atoms with E-state index in [2.05, 4.69) is 63.0 Å². The van der Waals surface area contributed by atoms with Crippen molar-refractivity contribution in [1.29, 1.82) is 0 Å². The molecule has 260 valence electrons. The molecule has 4 fully saturated rings. The Bertz CT molecular complexity index is 2030. The molecule has 14 heteroatoms. The summed E-state index contributed by atoms with van der Waals surface area (Å²) < 4.78 is 4.20. The Labute approximate surface area is 289 Å². The molecule has 2 aliphatic carbocycles. The van der Waals surface area contributed by atoms with Crippen LogP contribution in [-0.2, 0) is 9.59 Å². The van der Waals surface area contributed by atoms with Crippen LogP contribution in [0.3, 0.4) is 0 Å². The average molecular weight is 677 g/mol. The summed E-state index contributed by atoms with van der Waals surface area (Å²) in [5.41, 5.74) is 5.19. The monoisotopic (exact) mass is 676 g/mol. The highest BCUT2D eigenvalue weighted by atomic mass is 16.2. The lowest BCUT2D eigenvalue weighted by molar-refractivity contribution is -0.131. The van der Waals surface area contributed by atoms with Gasteiger partial charge in [0.05, 0.1) is 23.4 Å². The molecule has 6 aromatic heterocycles. The topological polar surface area (TPSA) is 158 Å². The van der Waals surface area contributed by atoms with Crippen LogP contribution < -0.4 is 0 Å². The second kappa shape index (κ2) is 12.5. The summed E-state index contributed by atoms with van der Waals surface area (Å²) in [5.74, 6) is 5.10. The zero-order chi connectivity index (χ0) is 33.9. The molecule has 0 unspecified atom stereocenters. The van der Waals surface area contributed by atoms with Crippen molar-refractivity contribution in [3.05, 3.63) is 48.6 Å². The summed E-state index contributed by atoms with van der Waals surface area (Å²) in [7, 11) is 0. The summed E-state index contributed by atoms with van der Waals surface area (Å²) in [4.78, 5) is 44.3. The first kappa shape index (κ1) is 31.1. The molecule has 4 atom stereocenters. The van der Waals surface area contributed by atoms with Gasteiger partial charge in [0.15, 0.2) is 22.6 Å². The van der Waals surface area contributed by atoms with Gasteiger partial charge in [-0.1, -0.05) is 26.7 Å². The van der Waals surface area contributed by atoms with Crippen molar-refractivity contribution in [1.82, 2.24) is 58.9 Å². The fourth-order valence-corrected chi connectivity index (χ4v) is 8.23. The first-order chi connectivity index (χ1) is 24.5. The normalized spacial score (nSPS) is 23.8. The standard InChI is InChI=1S/2C18H22N6O/c2*1-2-12-9-23(16(25)7-11-3-4-11)10-13(12)18-22-21-15-8-20-17-14(24(15)18)5-6-19-17/h2*5-6,8,11-13,19H,2-4,7,9-10H2,1H3/t2*12-,13+/m10/s1. The summed E-state index contributed by atoms with van der Waals surface area (Å²) in [6, 6.07) is 4.02. The van der Waals surface area contributed by atoms with Crippen LogP contribution in [0.4, 0.5) is 0 Å². The van der Waals surface area contributed by atoms with E-state index in [0.717, 1.165) is 97.1 Å². The molecule has 50 heavy (non-hydrogen) atoms. The van der Waals surface area contributed by atoms with Gasteiger partial charge in [-0.05, 0) is 61.5 Å². The number of carbonyl (C=O) groups excluding carboxylic acids is 2. The molecule has 14 nitrogen and oxygen atoms in total. The maximum Gasteiger partial charge on any atom is 0.222 e. The summed E-state index contributed by atoms with van der Waals surface area (Å²) >= 11 is 0. The number of hydrogen-bond donors (Lipinski definition) is 2. The SMILES string of the molecule is CC[C@@H]1CN(C(=O)CC2CC2)C[C@@H]1c1nnc2cnc3[nH]ccc3n12.CC[C@H]1CN(C(=O)CC2CC2)C[C@H]1c1nnc2cnc3[nH]ccc3n12. The fraction of sp³-hybridized carbons (Fsp3) is 0.556. The molecule has 2 amide bonds. The Kier molecular flexibility index (Phi) is 7.76. The van der Waals surface area contributed by atoms with Crippen LogP contribution in [0.25, 0.3) is 33.6 Å². The van der Waals surface area contributed by atoms with Gasteiger partial charge in [-0.25, -0.2) is 9.97 Å². The van der Waals surface area contributed by atoms with Gasteiger partial charge >= 0.3 is 0 Å². The van der Waals surface area contributed by atoms with Crippen molar-refractivity contribution in [3.63, 3.8) is 0 Å². The van der Waals surface area contributed by atoms with Crippen molar-refractivity contribution in [3.8, 4) is 0 Å². The molecule has 0 radical (unpaired) electrons. The first-order valence-electron chi connectivity index (χ1n) is 18.4. The van der Waals surface area contributed by atoms with Gasteiger partial charge in [0.25, 0.3) is 0 Å². The third-order valence-electron chi connectivity index (χ3n) is 11.6. The molecule has 10 rings (SSSR count). The maximum absolute atomic E-state index is 12.6. The van der Waals surface area contributed by atoms with Crippen molar-refractivity contribution >= 4 is 45.4 Å². The van der Waals surface area contributed by atoms with Gasteiger partial charge in [-0.15, -0.1) is 20.4 Å². The molecular weight excluding hydrogens is 632 g/mol. The molecule has 2 N–H and O–H groups in total. The second-order valence-corrected chi connectivity index (χ2v) is 14.9. The Morgan fingerprint density at radius 1 is 0.660 bits per heavy atom. The lowest BCUT2D eigenvalue weighted by Crippen LogP contribution is -2.29. The van der Waals surface area contributed by atoms with Crippen molar-refractivity contribution < 1.29 is 9.59 Å². The van der Waals surface area contributed by atoms with E-state index in [0.29, 0.717) is 35.5 Å². The number of aromatic amines is 2. The molecule has 2 saturated heterocycles. The largest absolute Gasteiger partial charge is 0.345 e. The maximum atomic E-state index is 12.6. The molecule has 8 heterocycles. The van der Waals surface area contributed by atoms with E-state index >= 15 is 0 Å². The van der Waals surface area contributed by atoms with Gasteiger partial charge in [0, 0.05) is 63.3 Å². The summed E-state index contributed by atoms with van der Waals surface area (Å²) in [5, 5.41) is 17.6. The van der Waals surface area contributed by atoms with Gasteiger partial charge < -0.3 is 19.8 Å². The van der Waals surface area contributed by atoms with Crippen LogP contribution in [-0.4, -0.2) is 96.9 Å². The van der Waals surface area contributed by atoms with Gasteiger partial charge in [0.2, 0.25) is 11.8 Å². The van der Waals surface area contributed by atoms with Gasteiger partial charge in [0.1, 0.15) is 11.6 Å². The number of fused-ring (bicyclic) bond motifs is 6. The Morgan fingerprint density at radius 2 is 1.10 bits per heavy atom. The predicted molar refractivity (Wildman–Crippen MR) is 186 cm³/mol. The predicted octanol–water partition coefficient (Wildman–Crippen LogP) is 4.72. The number of aromatic nitrogens is 10. The van der Waals surface area contributed by atoms with Crippen molar-refractivity contribution in [2.24, 2.45) is 23.7 Å². The highest BCUT2D eigenvalue weighted by molar-refractivity contribution is 5.78. The Balaban J connectivity index is 0.000000135. The number of rotatable bonds is 8. The van der Waals surface area contributed by atoms with E-state index in [1.165, 1.54) is 25.7 Å². The van der Waals surface area contributed by atoms with Gasteiger partial charge in [-0.2, -0.15) is 0 Å². The van der Waals surface area contributed by atoms with Crippen LogP contribution in [0.1, 0.15) is 88.7 Å². The minimum atomic E-state index is 0.226. The molecule has 0 aromatic carbocycles. The van der Waals surface area contributed by atoms with E-state index in [4.69, 9.17) is 0 Å². The number of carbonyl (C=O) groups is 2. The average Bonchev–Trinajstić information content (AvgIpc) is 3.65. The third-order valence-corrected chi connectivity index (χ3v) is 11.6. The third kappa shape index (κ3) is 5.58. The van der Waals surface area contributed by atoms with E-state index in [-0.39, 0.29) is 11.8 Å². The van der Waals surface area contributed by atoms with E-state index < -0.39 is 0 Å². The number of nitrogens with one attached hydrogen (secondary N) is 2. The summed E-state index contributed by atoms with van der Waals surface area (Å²) in [6.45, 7) is 7.57. The van der Waals surface area contributed by atoms with Crippen LogP contribution >= 0.6 is 0 Å². The van der Waals surface area contributed by atoms with Crippen LogP contribution in [0.5, 0.6) is 0 Å². The van der Waals surface area contributed by atoms with E-state index in [1.807, 2.05) is 34.3 Å². The molecular formula is C36H44N12O2. The molecule has 2 saturated carbocycles. The lowest BCUT2D eigenvalue weighted by atomic mass is 9.93. The number of likely N-dealkylation sites (tertiary alicyclic amines) is 2. The minimum absolute atomic E-state index is 0.226. The number of nitrogens with zero attached hydrogens (tertiary/aromatic N) is 10. The van der Waals surface area contributed by atoms with Gasteiger partial charge in [-0.3, -0.25) is 18.4 Å². The number of hydrogen-bond acceptors (Lipinski definition) is 8. The molecule has 4 aliphatic rings. The van der Waals surface area contributed by atoms with Crippen LogP contribution in [0, 0.1) is 23.7 Å². The lowest BCUT2D eigenvalue weighted by Gasteiger charge is -2.16. The Morgan fingerprint density at radius 3 is 1.50 bits per heavy atom. The van der Waals surface area contributed by atoms with Crippen molar-refractivity contribution in [2.45, 2.75) is 77.0 Å². The zero-order valence-corrected chi connectivity index (χ0v) is 28.7. The Hall–Kier alpha value is -4.88. The molecule has 0 bridgehead atoms. The molecule has 6 aromatic rings. The quantitative estimate of drug-likeness (QED) is 0.235. The highest BCUT2D eigenvalue weighted by Crippen LogP contribution is 2.39. The number of H-pyrrole nitrogens is 2. The fourth-order valence-electron chi connectivity index (χ4n) is 8.23.